The smallest absolute Gasteiger partial charge is 0.247 e. The first-order valence-electron chi connectivity index (χ1n) is 23.1. The summed E-state index contributed by atoms with van der Waals surface area (Å²) in [4.78, 5) is 43.7. The summed E-state index contributed by atoms with van der Waals surface area (Å²) in [5, 5.41) is 17.9. The van der Waals surface area contributed by atoms with Crippen molar-refractivity contribution in [1.29, 1.82) is 0 Å². The van der Waals surface area contributed by atoms with Gasteiger partial charge in [-0.15, -0.1) is 10.2 Å². The molecule has 346 valence electrons. The summed E-state index contributed by atoms with van der Waals surface area (Å²) >= 11 is 0. The number of nitrogens with zero attached hydrogens (tertiary/aromatic N) is 8. The Labute approximate surface area is 401 Å². The standard InChI is InChI=1S/C56H52N8O5/c1-41-15-24-49(25-16-41)64-52(30-17-42-9-3-2-4-10-42)55(56(64)67)61(37-47-39-62(59-57-47)33-35-68-50-26-20-45(21-27-50)53(65)31-18-43-11-5-6-12-43)38-48-40-63(60-58-48)34-36-69-51-28-22-46(23-29-51)54(66)32-19-44-13-7-8-14-44/h2-5,7,9-32,39-40,52,55H,6,8,33-38H2,1H3/b30-17+,31-18+,32-19+/t52-,55+/m1/s1. The van der Waals surface area contributed by atoms with Gasteiger partial charge in [0.25, 0.3) is 0 Å². The topological polar surface area (TPSA) is 138 Å². The second-order valence-electron chi connectivity index (χ2n) is 16.9. The number of benzene rings is 4. The van der Waals surface area contributed by atoms with E-state index in [-0.39, 0.29) is 23.5 Å². The minimum atomic E-state index is -0.544. The van der Waals surface area contributed by atoms with Crippen molar-refractivity contribution in [2.75, 3.05) is 18.1 Å². The van der Waals surface area contributed by atoms with Gasteiger partial charge in [0.1, 0.15) is 30.8 Å². The summed E-state index contributed by atoms with van der Waals surface area (Å²) in [7, 11) is 0. The van der Waals surface area contributed by atoms with Crippen LogP contribution in [0.4, 0.5) is 5.69 Å². The molecule has 2 aromatic heterocycles. The first-order chi connectivity index (χ1) is 33.8. The Morgan fingerprint density at radius 1 is 0.667 bits per heavy atom. The molecule has 1 aliphatic heterocycles. The van der Waals surface area contributed by atoms with Crippen LogP contribution in [-0.4, -0.2) is 77.7 Å². The zero-order valence-electron chi connectivity index (χ0n) is 38.3. The normalized spacial score (nSPS) is 16.6. The maximum atomic E-state index is 14.4. The summed E-state index contributed by atoms with van der Waals surface area (Å²) in [6, 6.07) is 31.4. The summed E-state index contributed by atoms with van der Waals surface area (Å²) in [5.41, 5.74) is 7.54. The predicted molar refractivity (Wildman–Crippen MR) is 266 cm³/mol. The number of β-lactam (4-membered cyclic amide) rings is 1. The Morgan fingerprint density at radius 3 is 1.68 bits per heavy atom. The Balaban J connectivity index is 0.862. The van der Waals surface area contributed by atoms with Gasteiger partial charge in [-0.2, -0.15) is 0 Å². The number of carbonyl (C=O) groups is 3. The SMILES string of the molecule is Cc1ccc(N2C(=O)[C@@H](N(Cc3cn(CCOc4ccc(C(=O)/C=C/C5=CCC=C5)cc4)nn3)Cc3cn(CCOc4ccc(C(=O)/C=C/C5=CCC=C5)cc4)nn3)[C@H]2/C=C/c2ccccc2)cc1. The summed E-state index contributed by atoms with van der Waals surface area (Å²) in [5.74, 6) is 1.10. The lowest BCUT2D eigenvalue weighted by Gasteiger charge is -2.50. The summed E-state index contributed by atoms with van der Waals surface area (Å²) < 4.78 is 15.5. The minimum Gasteiger partial charge on any atom is -0.492 e. The van der Waals surface area contributed by atoms with Crippen LogP contribution >= 0.6 is 0 Å². The molecule has 2 aliphatic carbocycles. The van der Waals surface area contributed by atoms with Crippen LogP contribution in [0.2, 0.25) is 0 Å². The highest BCUT2D eigenvalue weighted by atomic mass is 16.5. The van der Waals surface area contributed by atoms with Crippen molar-refractivity contribution in [3.63, 3.8) is 0 Å². The van der Waals surface area contributed by atoms with Crippen LogP contribution in [0.1, 0.15) is 56.1 Å². The average molecular weight is 917 g/mol. The van der Waals surface area contributed by atoms with Crippen molar-refractivity contribution < 1.29 is 23.9 Å². The van der Waals surface area contributed by atoms with E-state index in [1.54, 1.807) is 70.0 Å². The minimum absolute atomic E-state index is 0.0395. The van der Waals surface area contributed by atoms with E-state index in [0.717, 1.165) is 40.8 Å². The van der Waals surface area contributed by atoms with Crippen molar-refractivity contribution in [3.05, 3.63) is 227 Å². The lowest BCUT2D eigenvalue weighted by atomic mass is 9.90. The van der Waals surface area contributed by atoms with Crippen LogP contribution in [0, 0.1) is 6.92 Å². The van der Waals surface area contributed by atoms with Crippen LogP contribution in [-0.2, 0) is 31.0 Å². The first kappa shape index (κ1) is 45.8. The van der Waals surface area contributed by atoms with E-state index >= 15 is 0 Å². The van der Waals surface area contributed by atoms with E-state index in [9.17, 15) is 14.4 Å². The number of hydrogen-bond acceptors (Lipinski definition) is 10. The molecule has 13 heteroatoms. The number of aryl methyl sites for hydroxylation is 1. The molecular formula is C56H52N8O5. The van der Waals surface area contributed by atoms with Crippen molar-refractivity contribution >= 4 is 29.2 Å². The van der Waals surface area contributed by atoms with Crippen LogP contribution in [0.3, 0.4) is 0 Å². The number of ether oxygens (including phenoxy) is 2. The van der Waals surface area contributed by atoms with Gasteiger partial charge in [-0.05, 0) is 109 Å². The fraction of sp³-hybridized carbons (Fsp3) is 0.196. The highest BCUT2D eigenvalue weighted by Gasteiger charge is 2.50. The molecule has 0 saturated carbocycles. The quantitative estimate of drug-likeness (QED) is 0.0369. The fourth-order valence-corrected chi connectivity index (χ4v) is 8.23. The monoisotopic (exact) mass is 916 g/mol. The third-order valence-electron chi connectivity index (χ3n) is 11.9. The van der Waals surface area contributed by atoms with Gasteiger partial charge in [-0.3, -0.25) is 19.3 Å². The van der Waals surface area contributed by atoms with Gasteiger partial charge in [-0.25, -0.2) is 9.36 Å². The van der Waals surface area contributed by atoms with E-state index in [1.165, 1.54) is 0 Å². The highest BCUT2D eigenvalue weighted by molar-refractivity contribution is 6.07. The van der Waals surface area contributed by atoms with Crippen molar-refractivity contribution in [2.24, 2.45) is 0 Å². The molecule has 69 heavy (non-hydrogen) atoms. The number of allylic oxidation sites excluding steroid dienone is 12. The van der Waals surface area contributed by atoms with Gasteiger partial charge in [0.15, 0.2) is 11.6 Å². The van der Waals surface area contributed by atoms with Crippen LogP contribution in [0.25, 0.3) is 6.08 Å². The molecular weight excluding hydrogens is 865 g/mol. The Bertz CT molecular complexity index is 2830. The van der Waals surface area contributed by atoms with E-state index in [1.807, 2.05) is 103 Å². The number of ketones is 2. The van der Waals surface area contributed by atoms with Crippen molar-refractivity contribution in [1.82, 2.24) is 34.9 Å². The third-order valence-corrected chi connectivity index (χ3v) is 11.9. The van der Waals surface area contributed by atoms with E-state index < -0.39 is 6.04 Å². The lowest BCUT2D eigenvalue weighted by molar-refractivity contribution is -0.131. The van der Waals surface area contributed by atoms with Gasteiger partial charge < -0.3 is 14.4 Å². The van der Waals surface area contributed by atoms with Gasteiger partial charge in [0, 0.05) is 42.3 Å². The molecule has 3 heterocycles. The highest BCUT2D eigenvalue weighted by Crippen LogP contribution is 2.34. The second kappa shape index (κ2) is 22.0. The molecule has 6 aromatic rings. The number of aromatic nitrogens is 6. The molecule has 1 amide bonds. The summed E-state index contributed by atoms with van der Waals surface area (Å²) in [6.45, 7) is 4.16. The zero-order valence-corrected chi connectivity index (χ0v) is 38.3. The molecule has 0 radical (unpaired) electrons. The van der Waals surface area contributed by atoms with Gasteiger partial charge in [0.05, 0.1) is 30.5 Å². The lowest BCUT2D eigenvalue weighted by Crippen LogP contribution is -2.70. The molecule has 1 saturated heterocycles. The number of hydrogen-bond donors (Lipinski definition) is 0. The molecule has 0 unspecified atom stereocenters. The molecule has 3 aliphatic rings. The van der Waals surface area contributed by atoms with Crippen LogP contribution in [0.5, 0.6) is 11.5 Å². The number of amides is 1. The van der Waals surface area contributed by atoms with E-state index in [4.69, 9.17) is 9.47 Å². The predicted octanol–water partition coefficient (Wildman–Crippen LogP) is 9.09. The molecule has 1 fully saturated rings. The maximum Gasteiger partial charge on any atom is 0.247 e. The first-order valence-corrected chi connectivity index (χ1v) is 23.1. The summed E-state index contributed by atoms with van der Waals surface area (Å²) in [6.07, 6.45) is 28.8. The van der Waals surface area contributed by atoms with Gasteiger partial charge in [-0.1, -0.05) is 119 Å². The molecule has 2 atom stereocenters. The number of carbonyl (C=O) groups excluding carboxylic acids is 3. The van der Waals surface area contributed by atoms with E-state index in [2.05, 4.69) is 62.0 Å². The second-order valence-corrected chi connectivity index (χ2v) is 16.9. The van der Waals surface area contributed by atoms with Crippen LogP contribution < -0.4 is 14.4 Å². The van der Waals surface area contributed by atoms with Gasteiger partial charge in [0.2, 0.25) is 5.91 Å². The van der Waals surface area contributed by atoms with Gasteiger partial charge >= 0.3 is 0 Å². The fourth-order valence-electron chi connectivity index (χ4n) is 8.23. The third kappa shape index (κ3) is 12.0. The Kier molecular flexibility index (Phi) is 14.6. The average Bonchev–Trinajstić information content (AvgIpc) is 4.24. The maximum absolute atomic E-state index is 14.4. The Morgan fingerprint density at radius 2 is 1.19 bits per heavy atom. The molecule has 4 aromatic carbocycles. The van der Waals surface area contributed by atoms with E-state index in [0.29, 0.717) is 73.4 Å². The Hall–Kier alpha value is -8.29. The molecule has 13 nitrogen and oxygen atoms in total. The molecule has 0 bridgehead atoms. The number of rotatable bonds is 22. The van der Waals surface area contributed by atoms with Crippen molar-refractivity contribution in [2.45, 2.75) is 58.0 Å². The number of anilines is 1. The molecule has 0 spiro atoms. The largest absolute Gasteiger partial charge is 0.492 e. The van der Waals surface area contributed by atoms with Crippen LogP contribution in [0.15, 0.2) is 194 Å². The molecule has 0 N–H and O–H groups in total. The zero-order chi connectivity index (χ0) is 47.4. The van der Waals surface area contributed by atoms with Crippen molar-refractivity contribution in [3.8, 4) is 11.5 Å². The molecule has 9 rings (SSSR count).